The van der Waals surface area contributed by atoms with Gasteiger partial charge in [-0.2, -0.15) is 0 Å². The van der Waals surface area contributed by atoms with Gasteiger partial charge in [0.2, 0.25) is 0 Å². The number of hydrogen-bond donors (Lipinski definition) is 2. The molecule has 0 aliphatic carbocycles. The van der Waals surface area contributed by atoms with E-state index >= 15 is 0 Å². The van der Waals surface area contributed by atoms with Gasteiger partial charge in [0.15, 0.2) is 0 Å². The zero-order chi connectivity index (χ0) is 13.8. The predicted octanol–water partition coefficient (Wildman–Crippen LogP) is 1.31. The number of rotatable bonds is 5. The fraction of sp³-hybridized carbons (Fsp3) is 0.231. The van der Waals surface area contributed by atoms with Crippen LogP contribution in [0.5, 0.6) is 0 Å². The van der Waals surface area contributed by atoms with E-state index in [0.717, 1.165) is 36.2 Å². The molecule has 2 aromatic heterocycles. The van der Waals surface area contributed by atoms with Crippen LogP contribution in [-0.4, -0.2) is 31.5 Å². The molecule has 20 heavy (non-hydrogen) atoms. The van der Waals surface area contributed by atoms with E-state index in [-0.39, 0.29) is 0 Å². The lowest BCUT2D eigenvalue weighted by atomic mass is 10.2. The first-order chi connectivity index (χ1) is 9.83. The normalized spacial score (nSPS) is 10.8. The fourth-order valence-corrected chi connectivity index (χ4v) is 2.01. The van der Waals surface area contributed by atoms with Crippen molar-refractivity contribution in [2.75, 3.05) is 17.6 Å². The summed E-state index contributed by atoms with van der Waals surface area (Å²) in [5, 5.41) is 12.0. The summed E-state index contributed by atoms with van der Waals surface area (Å²) in [7, 11) is 0. The molecule has 7 nitrogen and oxygen atoms in total. The summed E-state index contributed by atoms with van der Waals surface area (Å²) in [5.74, 6) is 0.827. The number of fused-ring (bicyclic) bond motifs is 1. The number of benzene rings is 1. The molecule has 7 heteroatoms. The van der Waals surface area contributed by atoms with Gasteiger partial charge in [0.05, 0.1) is 11.7 Å². The molecule has 0 aliphatic rings. The molecule has 102 valence electrons. The fourth-order valence-electron chi connectivity index (χ4n) is 2.01. The van der Waals surface area contributed by atoms with Crippen LogP contribution in [0.2, 0.25) is 0 Å². The number of nitrogens with zero attached hydrogens (tertiary/aromatic N) is 5. The lowest BCUT2D eigenvalue weighted by Gasteiger charge is -2.08. The van der Waals surface area contributed by atoms with Crippen LogP contribution < -0.4 is 11.1 Å². The first kappa shape index (κ1) is 12.3. The van der Waals surface area contributed by atoms with Crippen molar-refractivity contribution in [1.82, 2.24) is 25.0 Å². The van der Waals surface area contributed by atoms with Gasteiger partial charge >= 0.3 is 0 Å². The zero-order valence-electron chi connectivity index (χ0n) is 10.9. The van der Waals surface area contributed by atoms with Gasteiger partial charge in [-0.1, -0.05) is 5.21 Å². The average molecular weight is 269 g/mol. The van der Waals surface area contributed by atoms with Gasteiger partial charge in [-0.15, -0.1) is 5.10 Å². The Hall–Kier alpha value is -2.70. The summed E-state index contributed by atoms with van der Waals surface area (Å²) in [6, 6.07) is 5.63. The topological polar surface area (TPSA) is 94.5 Å². The molecule has 3 N–H and O–H groups in total. The second-order valence-corrected chi connectivity index (χ2v) is 4.45. The highest BCUT2D eigenvalue weighted by Crippen LogP contribution is 2.20. The number of aromatic nitrogens is 5. The highest BCUT2D eigenvalue weighted by molar-refractivity contribution is 5.90. The van der Waals surface area contributed by atoms with E-state index in [4.69, 9.17) is 5.73 Å². The van der Waals surface area contributed by atoms with Gasteiger partial charge in [0, 0.05) is 30.4 Å². The molecule has 0 saturated heterocycles. The van der Waals surface area contributed by atoms with Crippen LogP contribution >= 0.6 is 0 Å². The van der Waals surface area contributed by atoms with Crippen LogP contribution in [0.1, 0.15) is 6.42 Å². The minimum Gasteiger partial charge on any atom is -0.399 e. The van der Waals surface area contributed by atoms with E-state index in [1.165, 1.54) is 0 Å². The van der Waals surface area contributed by atoms with E-state index in [0.29, 0.717) is 5.69 Å². The first-order valence-electron chi connectivity index (χ1n) is 6.41. The van der Waals surface area contributed by atoms with Gasteiger partial charge < -0.3 is 11.1 Å². The molecule has 0 aliphatic heterocycles. The Morgan fingerprint density at radius 3 is 3.05 bits per heavy atom. The number of aryl methyl sites for hydroxylation is 1. The monoisotopic (exact) mass is 269 g/mol. The molecule has 3 aromatic rings. The van der Waals surface area contributed by atoms with E-state index in [1.54, 1.807) is 17.2 Å². The van der Waals surface area contributed by atoms with Crippen molar-refractivity contribution < 1.29 is 0 Å². The van der Waals surface area contributed by atoms with E-state index in [1.807, 2.05) is 24.4 Å². The summed E-state index contributed by atoms with van der Waals surface area (Å²) in [5.41, 5.74) is 7.30. The maximum absolute atomic E-state index is 5.75. The average Bonchev–Trinajstić information content (AvgIpc) is 2.96. The standard InChI is InChI=1S/C13H15N7/c14-10-2-3-11-12(8-10)16-9-17-13(11)15-4-1-6-20-7-5-18-19-20/h2-3,5,7-9H,1,4,6,14H2,(H,15,16,17). The lowest BCUT2D eigenvalue weighted by Crippen LogP contribution is -2.08. The van der Waals surface area contributed by atoms with Crippen molar-refractivity contribution in [1.29, 1.82) is 0 Å². The molecule has 0 bridgehead atoms. The molecule has 0 saturated carbocycles. The summed E-state index contributed by atoms with van der Waals surface area (Å²) >= 11 is 0. The summed E-state index contributed by atoms with van der Waals surface area (Å²) < 4.78 is 1.81. The van der Waals surface area contributed by atoms with Gasteiger partial charge in [-0.25, -0.2) is 9.97 Å². The van der Waals surface area contributed by atoms with Crippen molar-refractivity contribution >= 4 is 22.4 Å². The van der Waals surface area contributed by atoms with Crippen molar-refractivity contribution in [3.63, 3.8) is 0 Å². The minimum atomic E-state index is 0.702. The number of nitrogen functional groups attached to an aromatic ring is 1. The largest absolute Gasteiger partial charge is 0.399 e. The third kappa shape index (κ3) is 2.66. The quantitative estimate of drug-likeness (QED) is 0.535. The van der Waals surface area contributed by atoms with E-state index in [9.17, 15) is 0 Å². The number of anilines is 2. The molecule has 0 radical (unpaired) electrons. The molecule has 0 spiro atoms. The molecular weight excluding hydrogens is 254 g/mol. The van der Waals surface area contributed by atoms with Crippen molar-refractivity contribution in [2.45, 2.75) is 13.0 Å². The molecule has 1 aromatic carbocycles. The van der Waals surface area contributed by atoms with Gasteiger partial charge in [0.1, 0.15) is 12.1 Å². The van der Waals surface area contributed by atoms with Crippen LogP contribution in [0, 0.1) is 0 Å². The Balaban J connectivity index is 1.65. The third-order valence-electron chi connectivity index (χ3n) is 2.99. The molecule has 2 heterocycles. The van der Waals surface area contributed by atoms with Crippen LogP contribution in [0.3, 0.4) is 0 Å². The Kier molecular flexibility index (Phi) is 3.40. The molecule has 3 rings (SSSR count). The smallest absolute Gasteiger partial charge is 0.137 e. The number of hydrogen-bond acceptors (Lipinski definition) is 6. The van der Waals surface area contributed by atoms with Crippen molar-refractivity contribution in [3.05, 3.63) is 36.9 Å². The molecule has 0 unspecified atom stereocenters. The zero-order valence-corrected chi connectivity index (χ0v) is 10.9. The van der Waals surface area contributed by atoms with Gasteiger partial charge in [-0.05, 0) is 24.6 Å². The highest BCUT2D eigenvalue weighted by atomic mass is 15.4. The van der Waals surface area contributed by atoms with Crippen molar-refractivity contribution in [3.8, 4) is 0 Å². The van der Waals surface area contributed by atoms with Crippen LogP contribution in [0.4, 0.5) is 11.5 Å². The molecule has 0 atom stereocenters. The maximum atomic E-state index is 5.75. The Bertz CT molecular complexity index is 693. The highest BCUT2D eigenvalue weighted by Gasteiger charge is 2.03. The van der Waals surface area contributed by atoms with Crippen LogP contribution in [-0.2, 0) is 6.54 Å². The molecule has 0 fully saturated rings. The van der Waals surface area contributed by atoms with Crippen LogP contribution in [0.15, 0.2) is 36.9 Å². The summed E-state index contributed by atoms with van der Waals surface area (Å²) in [4.78, 5) is 8.49. The van der Waals surface area contributed by atoms with Gasteiger partial charge in [-0.3, -0.25) is 4.68 Å². The SMILES string of the molecule is Nc1ccc2c(NCCCn3ccnn3)ncnc2c1. The first-order valence-corrected chi connectivity index (χ1v) is 6.41. The second kappa shape index (κ2) is 5.52. The third-order valence-corrected chi connectivity index (χ3v) is 2.99. The van der Waals surface area contributed by atoms with E-state index in [2.05, 4.69) is 25.6 Å². The minimum absolute atomic E-state index is 0.702. The van der Waals surface area contributed by atoms with Crippen molar-refractivity contribution in [2.24, 2.45) is 0 Å². The molecule has 0 amide bonds. The predicted molar refractivity (Wildman–Crippen MR) is 77.1 cm³/mol. The number of nitrogens with two attached hydrogens (primary N) is 1. The second-order valence-electron chi connectivity index (χ2n) is 4.45. The summed E-state index contributed by atoms with van der Waals surface area (Å²) in [6.07, 6.45) is 6.00. The Morgan fingerprint density at radius 2 is 2.20 bits per heavy atom. The van der Waals surface area contributed by atoms with Gasteiger partial charge in [0.25, 0.3) is 0 Å². The summed E-state index contributed by atoms with van der Waals surface area (Å²) in [6.45, 7) is 1.62. The molecular formula is C13H15N7. The maximum Gasteiger partial charge on any atom is 0.137 e. The van der Waals surface area contributed by atoms with E-state index < -0.39 is 0 Å². The lowest BCUT2D eigenvalue weighted by molar-refractivity contribution is 0.569. The number of nitrogens with one attached hydrogen (secondary N) is 1. The Morgan fingerprint density at radius 1 is 1.25 bits per heavy atom. The Labute approximate surface area is 115 Å². The van der Waals surface area contributed by atoms with Crippen LogP contribution in [0.25, 0.3) is 10.9 Å².